The van der Waals surface area contributed by atoms with Crippen molar-refractivity contribution in [2.45, 2.75) is 58.3 Å². The van der Waals surface area contributed by atoms with Gasteiger partial charge in [0.05, 0.1) is 0 Å². The molecule has 0 bridgehead atoms. The third-order valence-corrected chi connectivity index (χ3v) is 3.52. The average molecular weight is 238 g/mol. The van der Waals surface area contributed by atoms with Crippen LogP contribution in [0.4, 0.5) is 0 Å². The highest BCUT2D eigenvalue weighted by atomic mass is 32.1. The van der Waals surface area contributed by atoms with E-state index < -0.39 is 0 Å². The molecular weight excluding hydrogens is 216 g/mol. The van der Waals surface area contributed by atoms with Gasteiger partial charge in [-0.15, -0.1) is 0 Å². The molecule has 0 N–H and O–H groups in total. The summed E-state index contributed by atoms with van der Waals surface area (Å²) in [6, 6.07) is 2.05. The van der Waals surface area contributed by atoms with Crippen LogP contribution in [0.1, 0.15) is 57.4 Å². The lowest BCUT2D eigenvalue weighted by molar-refractivity contribution is -0.118. The van der Waals surface area contributed by atoms with Gasteiger partial charge in [0.2, 0.25) is 0 Å². The van der Waals surface area contributed by atoms with Gasteiger partial charge in [-0.3, -0.25) is 4.79 Å². The fraction of sp³-hybridized carbons (Fsp3) is 0.643. The van der Waals surface area contributed by atoms with Crippen LogP contribution in [0.15, 0.2) is 16.8 Å². The van der Waals surface area contributed by atoms with Crippen molar-refractivity contribution >= 4 is 17.1 Å². The van der Waals surface area contributed by atoms with E-state index in [1.807, 2.05) is 11.4 Å². The lowest BCUT2D eigenvalue weighted by Crippen LogP contribution is -2.01. The standard InChI is InChI=1S/C14H22OS/c1-2-3-4-5-6-7-8-14(15)11-13-9-10-16-12-13/h9-10,12H,2-8,11H2,1H3. The number of carbonyl (C=O) groups is 1. The van der Waals surface area contributed by atoms with Gasteiger partial charge in [-0.05, 0) is 28.8 Å². The summed E-state index contributed by atoms with van der Waals surface area (Å²) in [5, 5.41) is 4.10. The zero-order chi connectivity index (χ0) is 11.6. The Balaban J connectivity index is 1.98. The van der Waals surface area contributed by atoms with E-state index in [0.717, 1.165) is 12.8 Å². The van der Waals surface area contributed by atoms with E-state index in [2.05, 4.69) is 12.3 Å². The number of ketones is 1. The first-order valence-corrected chi connectivity index (χ1v) is 7.30. The van der Waals surface area contributed by atoms with Gasteiger partial charge in [0.25, 0.3) is 0 Å². The van der Waals surface area contributed by atoms with Gasteiger partial charge in [0.1, 0.15) is 5.78 Å². The number of carbonyl (C=O) groups excluding carboxylic acids is 1. The summed E-state index contributed by atoms with van der Waals surface area (Å²) in [5.41, 5.74) is 1.18. The third kappa shape index (κ3) is 6.06. The van der Waals surface area contributed by atoms with Crippen LogP contribution in [-0.4, -0.2) is 5.78 Å². The monoisotopic (exact) mass is 238 g/mol. The second-order valence-corrected chi connectivity index (χ2v) is 5.14. The fourth-order valence-electron chi connectivity index (χ4n) is 1.81. The van der Waals surface area contributed by atoms with Crippen LogP contribution in [0.3, 0.4) is 0 Å². The van der Waals surface area contributed by atoms with E-state index in [1.54, 1.807) is 11.3 Å². The molecule has 0 radical (unpaired) electrons. The molecule has 0 spiro atoms. The van der Waals surface area contributed by atoms with Crippen molar-refractivity contribution in [1.82, 2.24) is 0 Å². The molecule has 0 atom stereocenters. The maximum atomic E-state index is 11.6. The quantitative estimate of drug-likeness (QED) is 0.574. The molecule has 0 fully saturated rings. The first-order valence-electron chi connectivity index (χ1n) is 6.35. The third-order valence-electron chi connectivity index (χ3n) is 2.79. The maximum absolute atomic E-state index is 11.6. The Bertz CT molecular complexity index is 277. The van der Waals surface area contributed by atoms with Crippen LogP contribution >= 0.6 is 11.3 Å². The molecule has 1 heterocycles. The molecule has 1 aromatic rings. The summed E-state index contributed by atoms with van der Waals surface area (Å²) in [5.74, 6) is 0.397. The molecule has 0 aromatic carbocycles. The molecule has 2 heteroatoms. The van der Waals surface area contributed by atoms with Gasteiger partial charge in [-0.2, -0.15) is 11.3 Å². The fourth-order valence-corrected chi connectivity index (χ4v) is 2.48. The molecule has 90 valence electrons. The van der Waals surface area contributed by atoms with E-state index in [4.69, 9.17) is 0 Å². The van der Waals surface area contributed by atoms with Gasteiger partial charge in [-0.1, -0.05) is 39.0 Å². The number of unbranched alkanes of at least 4 members (excludes halogenated alkanes) is 5. The summed E-state index contributed by atoms with van der Waals surface area (Å²) in [4.78, 5) is 11.6. The van der Waals surface area contributed by atoms with E-state index in [-0.39, 0.29) is 0 Å². The lowest BCUT2D eigenvalue weighted by atomic mass is 10.0. The molecule has 1 nitrogen and oxygen atoms in total. The molecule has 0 saturated heterocycles. The van der Waals surface area contributed by atoms with Crippen molar-refractivity contribution in [2.75, 3.05) is 0 Å². The van der Waals surface area contributed by atoms with Gasteiger partial charge in [0, 0.05) is 12.8 Å². The zero-order valence-corrected chi connectivity index (χ0v) is 11.0. The maximum Gasteiger partial charge on any atom is 0.137 e. The van der Waals surface area contributed by atoms with E-state index >= 15 is 0 Å². The van der Waals surface area contributed by atoms with Crippen LogP contribution in [0.5, 0.6) is 0 Å². The SMILES string of the molecule is CCCCCCCCC(=O)Cc1ccsc1. The Kier molecular flexibility index (Phi) is 7.15. The van der Waals surface area contributed by atoms with Crippen molar-refractivity contribution in [3.05, 3.63) is 22.4 Å². The summed E-state index contributed by atoms with van der Waals surface area (Å²) >= 11 is 1.67. The zero-order valence-electron chi connectivity index (χ0n) is 10.2. The predicted octanol–water partition coefficient (Wildman–Crippen LogP) is 4.61. The minimum absolute atomic E-state index is 0.397. The second-order valence-electron chi connectivity index (χ2n) is 4.36. The van der Waals surface area contributed by atoms with Gasteiger partial charge >= 0.3 is 0 Å². The second kappa shape index (κ2) is 8.51. The first-order chi connectivity index (χ1) is 7.83. The van der Waals surface area contributed by atoms with E-state index in [1.165, 1.54) is 37.7 Å². The van der Waals surface area contributed by atoms with Crippen LogP contribution in [0, 0.1) is 0 Å². The Morgan fingerprint density at radius 1 is 1.19 bits per heavy atom. The van der Waals surface area contributed by atoms with Crippen LogP contribution < -0.4 is 0 Å². The number of hydrogen-bond donors (Lipinski definition) is 0. The molecule has 0 unspecified atom stereocenters. The molecule has 0 aliphatic rings. The van der Waals surface area contributed by atoms with Crippen molar-refractivity contribution in [1.29, 1.82) is 0 Å². The van der Waals surface area contributed by atoms with Gasteiger partial charge in [-0.25, -0.2) is 0 Å². The van der Waals surface area contributed by atoms with Crippen molar-refractivity contribution in [3.8, 4) is 0 Å². The molecule has 16 heavy (non-hydrogen) atoms. The molecule has 0 saturated carbocycles. The van der Waals surface area contributed by atoms with Crippen LogP contribution in [0.25, 0.3) is 0 Å². The van der Waals surface area contributed by atoms with Crippen molar-refractivity contribution in [2.24, 2.45) is 0 Å². The number of Topliss-reactive ketones (excluding diaryl/α,β-unsaturated/α-hetero) is 1. The first kappa shape index (κ1) is 13.4. The summed E-state index contributed by atoms with van der Waals surface area (Å²) in [7, 11) is 0. The highest BCUT2D eigenvalue weighted by Gasteiger charge is 2.03. The topological polar surface area (TPSA) is 17.1 Å². The normalized spacial score (nSPS) is 10.6. The molecule has 1 aromatic heterocycles. The molecule has 0 amide bonds. The molecule has 1 rings (SSSR count). The highest BCUT2D eigenvalue weighted by Crippen LogP contribution is 2.11. The van der Waals surface area contributed by atoms with E-state index in [9.17, 15) is 4.79 Å². The largest absolute Gasteiger partial charge is 0.299 e. The average Bonchev–Trinajstić information content (AvgIpc) is 2.76. The summed E-state index contributed by atoms with van der Waals surface area (Å²) in [6.45, 7) is 2.23. The lowest BCUT2D eigenvalue weighted by Gasteiger charge is -2.00. The number of hydrogen-bond acceptors (Lipinski definition) is 2. The minimum atomic E-state index is 0.397. The van der Waals surface area contributed by atoms with E-state index in [0.29, 0.717) is 12.2 Å². The Morgan fingerprint density at radius 2 is 1.94 bits per heavy atom. The smallest absolute Gasteiger partial charge is 0.137 e. The Labute approximate surface area is 103 Å². The van der Waals surface area contributed by atoms with Crippen LogP contribution in [-0.2, 0) is 11.2 Å². The summed E-state index contributed by atoms with van der Waals surface area (Å²) in [6.07, 6.45) is 8.94. The van der Waals surface area contributed by atoms with Crippen LogP contribution in [0.2, 0.25) is 0 Å². The van der Waals surface area contributed by atoms with Gasteiger partial charge < -0.3 is 0 Å². The molecule has 0 aliphatic carbocycles. The number of rotatable bonds is 9. The Morgan fingerprint density at radius 3 is 2.62 bits per heavy atom. The van der Waals surface area contributed by atoms with Crippen molar-refractivity contribution in [3.63, 3.8) is 0 Å². The minimum Gasteiger partial charge on any atom is -0.299 e. The Hall–Kier alpha value is -0.630. The van der Waals surface area contributed by atoms with Gasteiger partial charge in [0.15, 0.2) is 0 Å². The summed E-state index contributed by atoms with van der Waals surface area (Å²) < 4.78 is 0. The molecule has 0 aliphatic heterocycles. The predicted molar refractivity (Wildman–Crippen MR) is 71.0 cm³/mol. The molecular formula is C14H22OS. The van der Waals surface area contributed by atoms with Crippen molar-refractivity contribution < 1.29 is 4.79 Å². The highest BCUT2D eigenvalue weighted by molar-refractivity contribution is 7.07. The number of thiophene rings is 1.